The van der Waals surface area contributed by atoms with Crippen molar-refractivity contribution in [1.29, 1.82) is 0 Å². The van der Waals surface area contributed by atoms with E-state index >= 15 is 0 Å². The largest absolute Gasteiger partial charge is 0.573 e. The Bertz CT molecular complexity index is 8700. The fourth-order valence-electron chi connectivity index (χ4n) is 14.2. The number of benzene rings is 7. The van der Waals surface area contributed by atoms with E-state index in [0.717, 1.165) is 46.2 Å². The number of rotatable bonds is 22. The SMILES string of the molecule is COc1nc2c(cc1Nc1ccc(-c3ccc(C(F)(F)F)nc3)cc1)=NCN=2.COc1nc2c(cc1Nc1ccc(C)c(F)c1)=NCN=2.COc1nc2c(cc1Nc1ccc(C)cc1)=NCN=2.COc1nc2c(cc1Nc1cccc(OC(F)(F)F)c1)=NCN=2.COc1nc2c(cc1Nc1ccccc1F)=NCN=2.O=c1[nH]c2c(cc1Nc1ccc(OC(F)(F)F)cc1)=NCN=2.O=c1[nH]c2c(cc1Nc1ccccc1F)=NCN=2. The maximum atomic E-state index is 13.6. The number of aryl methyl sites for hydroxylation is 2. The molecule has 0 radical (unpaired) electrons. The highest BCUT2D eigenvalue weighted by Crippen LogP contribution is 2.35. The van der Waals surface area contributed by atoms with Crippen molar-refractivity contribution >= 4 is 79.6 Å². The van der Waals surface area contributed by atoms with E-state index in [0.29, 0.717) is 191 Å². The number of halogens is 12. The van der Waals surface area contributed by atoms with Gasteiger partial charge in [0.05, 0.1) is 46.9 Å². The van der Waals surface area contributed by atoms with Gasteiger partial charge in [0.25, 0.3) is 11.1 Å². The summed E-state index contributed by atoms with van der Waals surface area (Å²) in [5.41, 5.74) is 12.6. The highest BCUT2D eigenvalue weighted by molar-refractivity contribution is 5.72. The van der Waals surface area contributed by atoms with Gasteiger partial charge in [-0.3, -0.25) is 49.5 Å². The third kappa shape index (κ3) is 26.9. The van der Waals surface area contributed by atoms with Gasteiger partial charge in [0.2, 0.25) is 29.4 Å². The van der Waals surface area contributed by atoms with E-state index in [9.17, 15) is 62.3 Å². The van der Waals surface area contributed by atoms with Gasteiger partial charge in [-0.25, -0.2) is 48.1 Å². The van der Waals surface area contributed by atoms with Crippen LogP contribution in [-0.2, 0) is 6.18 Å². The van der Waals surface area contributed by atoms with Crippen LogP contribution in [0.15, 0.2) is 304 Å². The average Bonchev–Trinajstić information content (AvgIpc) is 1.69. The molecule has 0 atom stereocenters. The third-order valence-corrected chi connectivity index (χ3v) is 21.3. The number of hydrogen-bond acceptors (Lipinski definition) is 36. The van der Waals surface area contributed by atoms with Crippen LogP contribution in [0.25, 0.3) is 11.1 Å². The highest BCUT2D eigenvalue weighted by Gasteiger charge is 2.34. The monoisotopic (exact) mass is 2050 g/mol. The Kier molecular flexibility index (Phi) is 31.8. The van der Waals surface area contributed by atoms with E-state index in [-0.39, 0.29) is 58.3 Å². The standard InChI is InChI=1S/C19H14F3N5O.C14H11F3N4O2.C14H13FN4O.C14H14N4O.C13H9F3N4O2.C13H11FN4O.C12H9FN4O/c1-28-18-15(8-14-17(27-18)25-10-24-14)26-13-5-2-11(3-6-13)12-4-7-16(23-9-12)19(20,21)22;1-22-13-11(6-10-12(21-13)19-7-18-10)20-8-3-2-4-9(5-8)23-14(15,16)17;1-8-3-4-9(5-10(8)15)18-12-6-11-13(17-7-16-11)19-14(12)20-2;1-9-3-5-10(6-4-9)17-12-7-11-13(16-8-15-11)18-14(12)19-2;14-13(15,16)22-8-3-1-7(2-4-8)19-10-5-9-11(18-6-17-9)20-12(10)21;1-19-13-11(6-10-12(18-13)16-7-15-10)17-9-5-3-2-4-8(9)14;13-7-3-1-2-4-8(7)16-10-5-9-11(15-6-14-9)17-12(10)18/h2-9,26H,10H2,1H3;2-6,20H,7H2,1H3;3-6,18H,7H2,1-2H3;3-7,17H,8H2,1-2H3;1-5,19H,6H2,(H,18,20,21);2-6,17H,7H2,1H3;1-5,16H,6H2,(H,15,17,18). The van der Waals surface area contributed by atoms with Crippen LogP contribution in [0.4, 0.5) is 132 Å². The topological polar surface area (TPSA) is 465 Å². The smallest absolute Gasteiger partial charge is 0.479 e. The normalized spacial score (nSPS) is 12.6. The number of hydrogen-bond donors (Lipinski definition) is 9. The number of fused-ring (bicyclic) bond motifs is 7. The Morgan fingerprint density at radius 1 is 0.289 bits per heavy atom. The summed E-state index contributed by atoms with van der Waals surface area (Å²) in [5, 5.41) is 25.7. The molecule has 0 saturated carbocycles. The molecule has 15 aromatic rings. The maximum Gasteiger partial charge on any atom is 0.573 e. The molecule has 0 saturated heterocycles. The first-order valence-electron chi connectivity index (χ1n) is 44.2. The number of nitrogens with one attached hydrogen (secondary N) is 9. The zero-order chi connectivity index (χ0) is 105. The van der Waals surface area contributed by atoms with Crippen LogP contribution in [0.3, 0.4) is 0 Å². The lowest BCUT2D eigenvalue weighted by Gasteiger charge is -2.12. The third-order valence-electron chi connectivity index (χ3n) is 21.3. The summed E-state index contributed by atoms with van der Waals surface area (Å²) in [5.74, 6) is 0.287. The van der Waals surface area contributed by atoms with Crippen LogP contribution < -0.4 is 157 Å². The van der Waals surface area contributed by atoms with Crippen LogP contribution in [0.2, 0.25) is 0 Å². The quantitative estimate of drug-likeness (QED) is 0.0285. The lowest BCUT2D eigenvalue weighted by atomic mass is 10.1. The van der Waals surface area contributed by atoms with Gasteiger partial charge in [-0.05, 0) is 171 Å². The van der Waals surface area contributed by atoms with Gasteiger partial charge >= 0.3 is 18.9 Å². The molecule has 50 heteroatoms. The zero-order valence-corrected chi connectivity index (χ0v) is 79.0. The molecule has 0 amide bonds. The van der Waals surface area contributed by atoms with Crippen molar-refractivity contribution in [3.05, 3.63) is 355 Å². The Labute approximate surface area is 831 Å². The second-order valence-corrected chi connectivity index (χ2v) is 31.5. The molecule has 149 heavy (non-hydrogen) atoms. The summed E-state index contributed by atoms with van der Waals surface area (Å²) in [7, 11) is 7.60. The number of para-hydroxylation sites is 2. The molecular weight excluding hydrogens is 1970 g/mol. The maximum absolute atomic E-state index is 13.6. The number of methoxy groups -OCH3 is 5. The number of pyridine rings is 8. The Morgan fingerprint density at radius 3 is 1.00 bits per heavy atom. The molecule has 7 aromatic carbocycles. The number of anilines is 14. The zero-order valence-electron chi connectivity index (χ0n) is 79.0. The van der Waals surface area contributed by atoms with E-state index in [2.05, 4.69) is 176 Å². The first-order valence-corrected chi connectivity index (χ1v) is 44.2. The minimum absolute atomic E-state index is 0.226. The summed E-state index contributed by atoms with van der Waals surface area (Å²) in [6.07, 6.45) is -12.7. The second kappa shape index (κ2) is 46.1. The first-order chi connectivity index (χ1) is 71.7. The Hall–Kier alpha value is -19.1. The minimum atomic E-state index is -4.74. The van der Waals surface area contributed by atoms with E-state index < -0.39 is 36.0 Å². The molecule has 9 N–H and O–H groups in total. The molecule has 15 heterocycles. The van der Waals surface area contributed by atoms with Gasteiger partial charge in [-0.1, -0.05) is 72.3 Å². The fourth-order valence-corrected chi connectivity index (χ4v) is 14.2. The van der Waals surface area contributed by atoms with Gasteiger partial charge in [0.15, 0.2) is 38.4 Å². The second-order valence-electron chi connectivity index (χ2n) is 31.5. The van der Waals surface area contributed by atoms with Crippen molar-refractivity contribution in [3.63, 3.8) is 0 Å². The number of ether oxygens (including phenoxy) is 7. The number of nitrogens with zero attached hydrogens (tertiary/aromatic N) is 20. The molecule has 7 aliphatic heterocycles. The molecule has 0 aliphatic carbocycles. The lowest BCUT2D eigenvalue weighted by molar-refractivity contribution is -0.275. The molecule has 7 aliphatic rings. The average molecular weight is 2050 g/mol. The minimum Gasteiger partial charge on any atom is -0.479 e. The van der Waals surface area contributed by atoms with Crippen molar-refractivity contribution in [2.45, 2.75) is 32.7 Å². The molecule has 38 nitrogen and oxygen atoms in total. The molecule has 0 spiro atoms. The van der Waals surface area contributed by atoms with Crippen molar-refractivity contribution < 1.29 is 85.8 Å². The van der Waals surface area contributed by atoms with Crippen molar-refractivity contribution in [2.75, 3.05) is 119 Å². The number of alkyl halides is 9. The number of aromatic amines is 2. The van der Waals surface area contributed by atoms with E-state index in [1.165, 1.54) is 101 Å². The van der Waals surface area contributed by atoms with Crippen molar-refractivity contribution in [3.8, 4) is 52.0 Å². The van der Waals surface area contributed by atoms with Gasteiger partial charge in [-0.15, -0.1) is 26.3 Å². The Balaban J connectivity index is 0.000000124. The van der Waals surface area contributed by atoms with Crippen LogP contribution in [0, 0.1) is 31.3 Å². The van der Waals surface area contributed by atoms with Gasteiger partial charge < -0.3 is 80.3 Å². The summed E-state index contributed by atoms with van der Waals surface area (Å²) < 4.78 is 185. The first kappa shape index (κ1) is 103. The summed E-state index contributed by atoms with van der Waals surface area (Å²) in [4.78, 5) is 111. The fraction of sp³-hybridized carbons (Fsp3) is 0.172. The molecule has 8 aromatic heterocycles. The molecule has 0 unspecified atom stereocenters. The Morgan fingerprint density at radius 2 is 0.617 bits per heavy atom. The van der Waals surface area contributed by atoms with Gasteiger partial charge in [0.1, 0.15) is 159 Å². The predicted molar refractivity (Wildman–Crippen MR) is 517 cm³/mol. The van der Waals surface area contributed by atoms with Crippen molar-refractivity contribution in [1.82, 2.24) is 39.9 Å². The predicted octanol–water partition coefficient (Wildman–Crippen LogP) is 10.8. The van der Waals surface area contributed by atoms with Crippen LogP contribution in [0.5, 0.6) is 40.9 Å². The molecular formula is C99H81F12N29O9. The van der Waals surface area contributed by atoms with Crippen LogP contribution >= 0.6 is 0 Å². The van der Waals surface area contributed by atoms with Gasteiger partial charge in [-0.2, -0.15) is 38.1 Å². The summed E-state index contributed by atoms with van der Waals surface area (Å²) in [6, 6.07) is 57.8. The van der Waals surface area contributed by atoms with Crippen LogP contribution in [0.1, 0.15) is 16.8 Å². The lowest BCUT2D eigenvalue weighted by Crippen LogP contribution is -2.33. The summed E-state index contributed by atoms with van der Waals surface area (Å²) >= 11 is 0. The van der Waals surface area contributed by atoms with Gasteiger partial charge in [0, 0.05) is 46.3 Å². The van der Waals surface area contributed by atoms with E-state index in [4.69, 9.17) is 23.7 Å². The highest BCUT2D eigenvalue weighted by atomic mass is 19.4. The molecule has 22 rings (SSSR count). The number of H-pyrrole nitrogens is 2. The molecule has 0 bridgehead atoms. The molecule has 0 fully saturated rings. The molecule has 760 valence electrons. The van der Waals surface area contributed by atoms with Crippen LogP contribution in [-0.4, -0.2) is 135 Å². The summed E-state index contributed by atoms with van der Waals surface area (Å²) in [6.45, 7) is 6.20. The van der Waals surface area contributed by atoms with E-state index in [1.807, 2.05) is 24.3 Å². The van der Waals surface area contributed by atoms with Crippen molar-refractivity contribution in [2.24, 2.45) is 69.9 Å². The number of aromatic nitrogens is 8. The van der Waals surface area contributed by atoms with E-state index in [1.54, 1.807) is 117 Å².